The molecule has 0 aliphatic rings. The van der Waals surface area contributed by atoms with Gasteiger partial charge in [0, 0.05) is 11.6 Å². The van der Waals surface area contributed by atoms with Crippen molar-refractivity contribution in [2.24, 2.45) is 0 Å². The zero-order valence-electron chi connectivity index (χ0n) is 21.0. The molecular weight excluding hydrogens is 502 g/mol. The molecule has 4 nitrogen and oxygen atoms in total. The molecule has 6 rings (SSSR count). The van der Waals surface area contributed by atoms with Crippen molar-refractivity contribution in [3.8, 4) is 11.4 Å². The van der Waals surface area contributed by atoms with Gasteiger partial charge in [0.25, 0.3) is 0 Å². The molecule has 39 heavy (non-hydrogen) atoms. The Bertz CT molecular complexity index is 1590. The van der Waals surface area contributed by atoms with Gasteiger partial charge >= 0.3 is 0 Å². The van der Waals surface area contributed by atoms with Crippen LogP contribution in [-0.4, -0.2) is 20.2 Å². The van der Waals surface area contributed by atoms with Crippen molar-refractivity contribution in [2.75, 3.05) is 0 Å². The van der Waals surface area contributed by atoms with Gasteiger partial charge in [-0.2, -0.15) is 4.68 Å². The van der Waals surface area contributed by atoms with Crippen LogP contribution in [0.15, 0.2) is 146 Å². The Kier molecular flexibility index (Phi) is 6.90. The van der Waals surface area contributed by atoms with Crippen LogP contribution in [-0.2, 0) is 0 Å². The van der Waals surface area contributed by atoms with Gasteiger partial charge in [-0.3, -0.25) is 0 Å². The van der Waals surface area contributed by atoms with Crippen LogP contribution in [0, 0.1) is 5.82 Å². The SMILES string of the molecule is Fc1ccc(C=C(n2nnnc2-c2ccccc2)[P+](c2ccccc2)(c2ccccc2)c2ccccc2)cc1. The molecule has 0 saturated carbocycles. The molecule has 0 aliphatic carbocycles. The average molecular weight is 528 g/mol. The topological polar surface area (TPSA) is 43.6 Å². The fourth-order valence-corrected chi connectivity index (χ4v) is 9.22. The molecule has 0 saturated heterocycles. The number of rotatable bonds is 7. The number of hydrogen-bond donors (Lipinski definition) is 0. The molecule has 0 bridgehead atoms. The first-order valence-electron chi connectivity index (χ1n) is 12.6. The lowest BCUT2D eigenvalue weighted by Gasteiger charge is -2.29. The maximum atomic E-state index is 14.0. The number of halogens is 1. The van der Waals surface area contributed by atoms with E-state index >= 15 is 0 Å². The van der Waals surface area contributed by atoms with Gasteiger partial charge in [0.05, 0.1) is 0 Å². The molecule has 0 aliphatic heterocycles. The molecule has 1 heterocycles. The third-order valence-electron chi connectivity index (χ3n) is 6.66. The first-order valence-corrected chi connectivity index (χ1v) is 14.4. The Labute approximate surface area is 227 Å². The van der Waals surface area contributed by atoms with Crippen molar-refractivity contribution in [2.45, 2.75) is 0 Å². The second-order valence-electron chi connectivity index (χ2n) is 9.01. The molecule has 0 N–H and O–H groups in total. The maximum absolute atomic E-state index is 14.0. The Hall–Kier alpha value is -4.73. The van der Waals surface area contributed by atoms with Crippen molar-refractivity contribution >= 4 is 34.7 Å². The quantitative estimate of drug-likeness (QED) is 0.225. The highest BCUT2D eigenvalue weighted by Crippen LogP contribution is 2.65. The van der Waals surface area contributed by atoms with Crippen molar-refractivity contribution in [1.29, 1.82) is 0 Å². The van der Waals surface area contributed by atoms with Crippen LogP contribution in [0.1, 0.15) is 5.56 Å². The lowest BCUT2D eigenvalue weighted by Crippen LogP contribution is -2.33. The molecule has 6 heteroatoms. The van der Waals surface area contributed by atoms with Crippen LogP contribution < -0.4 is 15.9 Å². The van der Waals surface area contributed by atoms with E-state index in [1.807, 2.05) is 53.2 Å². The van der Waals surface area contributed by atoms with E-state index in [4.69, 9.17) is 0 Å². The number of hydrogen-bond acceptors (Lipinski definition) is 3. The van der Waals surface area contributed by atoms with E-state index in [0.29, 0.717) is 5.82 Å². The lowest BCUT2D eigenvalue weighted by atomic mass is 10.2. The molecule has 0 radical (unpaired) electrons. The zero-order chi connectivity index (χ0) is 26.5. The molecular formula is C33H25FN4P+. The van der Waals surface area contributed by atoms with Crippen LogP contribution in [0.3, 0.4) is 0 Å². The summed E-state index contributed by atoms with van der Waals surface area (Å²) in [5.41, 5.74) is 2.68. The van der Waals surface area contributed by atoms with Gasteiger partial charge < -0.3 is 0 Å². The molecule has 6 aromatic rings. The smallest absolute Gasteiger partial charge is 0.203 e. The highest BCUT2D eigenvalue weighted by Gasteiger charge is 2.52. The Morgan fingerprint density at radius 1 is 0.590 bits per heavy atom. The largest absolute Gasteiger partial charge is 0.207 e. The third-order valence-corrected chi connectivity index (χ3v) is 10.9. The van der Waals surface area contributed by atoms with E-state index in [2.05, 4.69) is 94.4 Å². The van der Waals surface area contributed by atoms with Crippen molar-refractivity contribution in [3.63, 3.8) is 0 Å². The van der Waals surface area contributed by atoms with Crippen LogP contribution in [0.25, 0.3) is 22.9 Å². The highest BCUT2D eigenvalue weighted by molar-refractivity contribution is 8.03. The maximum Gasteiger partial charge on any atom is 0.203 e. The summed E-state index contributed by atoms with van der Waals surface area (Å²) in [6, 6.07) is 48.1. The summed E-state index contributed by atoms with van der Waals surface area (Å²) < 4.78 is 15.8. The van der Waals surface area contributed by atoms with Gasteiger partial charge in [-0.1, -0.05) is 97.1 Å². The number of benzene rings is 5. The van der Waals surface area contributed by atoms with E-state index in [9.17, 15) is 4.39 Å². The second kappa shape index (κ2) is 10.9. The van der Waals surface area contributed by atoms with Crippen LogP contribution in [0.2, 0.25) is 0 Å². The number of tetrazole rings is 1. The molecule has 0 amide bonds. The molecule has 0 unspecified atom stereocenters. The summed E-state index contributed by atoms with van der Waals surface area (Å²) in [4.78, 5) is 0. The molecule has 188 valence electrons. The van der Waals surface area contributed by atoms with Gasteiger partial charge in [-0.05, 0) is 64.5 Å². The summed E-state index contributed by atoms with van der Waals surface area (Å²) in [7, 11) is -2.59. The van der Waals surface area contributed by atoms with Crippen LogP contribution in [0.4, 0.5) is 4.39 Å². The molecule has 1 aromatic heterocycles. The average Bonchev–Trinajstić information content (AvgIpc) is 3.50. The first-order chi connectivity index (χ1) is 19.3. The second-order valence-corrected chi connectivity index (χ2v) is 12.4. The molecule has 0 fully saturated rings. The Morgan fingerprint density at radius 3 is 1.54 bits per heavy atom. The number of nitrogens with zero attached hydrogens (tertiary/aromatic N) is 4. The monoisotopic (exact) mass is 527 g/mol. The standard InChI is InChI=1S/C33H25FN4P/c34-28-23-21-26(22-24-28)25-32(38-33(35-36-37-38)27-13-5-1-6-14-27)39(29-15-7-2-8-16-29,30-17-9-3-10-18-30)31-19-11-4-12-20-31/h1-25H/q+1. The normalized spacial score (nSPS) is 11.9. The van der Waals surface area contributed by atoms with Crippen LogP contribution in [0.5, 0.6) is 0 Å². The lowest BCUT2D eigenvalue weighted by molar-refractivity contribution is 0.628. The molecule has 0 spiro atoms. The van der Waals surface area contributed by atoms with E-state index in [1.54, 1.807) is 12.1 Å². The first kappa shape index (κ1) is 24.6. The number of aromatic nitrogens is 4. The van der Waals surface area contributed by atoms with Gasteiger partial charge in [0.1, 0.15) is 21.7 Å². The zero-order valence-corrected chi connectivity index (χ0v) is 21.9. The summed E-state index contributed by atoms with van der Waals surface area (Å²) in [5.74, 6) is 0.354. The van der Waals surface area contributed by atoms with E-state index < -0.39 is 7.26 Å². The Morgan fingerprint density at radius 2 is 1.05 bits per heavy atom. The minimum atomic E-state index is -2.59. The van der Waals surface area contributed by atoms with Crippen molar-refractivity contribution in [1.82, 2.24) is 20.2 Å². The minimum Gasteiger partial charge on any atom is -0.207 e. The van der Waals surface area contributed by atoms with Crippen molar-refractivity contribution < 1.29 is 4.39 Å². The van der Waals surface area contributed by atoms with Gasteiger partial charge in [0.2, 0.25) is 5.44 Å². The van der Waals surface area contributed by atoms with Crippen molar-refractivity contribution in [3.05, 3.63) is 157 Å². The van der Waals surface area contributed by atoms with E-state index in [1.165, 1.54) is 12.1 Å². The summed E-state index contributed by atoms with van der Waals surface area (Å²) in [6.45, 7) is 0. The summed E-state index contributed by atoms with van der Waals surface area (Å²) in [5, 5.41) is 16.7. The van der Waals surface area contributed by atoms with E-state index in [-0.39, 0.29) is 5.82 Å². The Balaban J connectivity index is 1.76. The summed E-state index contributed by atoms with van der Waals surface area (Å²) in [6.07, 6.45) is 2.10. The predicted octanol–water partition coefficient (Wildman–Crippen LogP) is 6.43. The van der Waals surface area contributed by atoms with Gasteiger partial charge in [-0.25, -0.2) is 4.39 Å². The molecule has 5 aromatic carbocycles. The van der Waals surface area contributed by atoms with Gasteiger partial charge in [-0.15, -0.1) is 5.10 Å². The summed E-state index contributed by atoms with van der Waals surface area (Å²) >= 11 is 0. The van der Waals surface area contributed by atoms with Gasteiger partial charge in [0.15, 0.2) is 13.1 Å². The minimum absolute atomic E-state index is 0.281. The predicted molar refractivity (Wildman–Crippen MR) is 159 cm³/mol. The fourth-order valence-electron chi connectivity index (χ4n) is 4.92. The third kappa shape index (κ3) is 4.69. The highest BCUT2D eigenvalue weighted by atomic mass is 31.2. The molecule has 0 atom stereocenters. The van der Waals surface area contributed by atoms with Crippen LogP contribution >= 0.6 is 7.26 Å². The fraction of sp³-hybridized carbons (Fsp3) is 0. The van der Waals surface area contributed by atoms with E-state index in [0.717, 1.165) is 32.5 Å².